The fourth-order valence-electron chi connectivity index (χ4n) is 4.79. The van der Waals surface area contributed by atoms with Gasteiger partial charge in [0.1, 0.15) is 18.2 Å². The number of carbonyl (C=O) groups is 1. The van der Waals surface area contributed by atoms with Crippen LogP contribution in [0.3, 0.4) is 0 Å². The number of fused-ring (bicyclic) bond motifs is 1. The molecule has 10 nitrogen and oxygen atoms in total. The van der Waals surface area contributed by atoms with Crippen molar-refractivity contribution in [2.75, 3.05) is 32.5 Å². The van der Waals surface area contributed by atoms with Gasteiger partial charge < -0.3 is 25.2 Å². The highest BCUT2D eigenvalue weighted by Crippen LogP contribution is 2.30. The summed E-state index contributed by atoms with van der Waals surface area (Å²) in [4.78, 5) is 25.2. The zero-order chi connectivity index (χ0) is 29.7. The molecule has 3 unspecified atom stereocenters. The van der Waals surface area contributed by atoms with E-state index in [1.165, 1.54) is 6.33 Å². The number of amides is 1. The van der Waals surface area contributed by atoms with Crippen LogP contribution < -0.4 is 10.6 Å². The average molecular weight is 569 g/mol. The van der Waals surface area contributed by atoms with Gasteiger partial charge in [0.15, 0.2) is 0 Å². The number of aryl methyl sites for hydroxylation is 1. The molecule has 2 heterocycles. The number of aromatic nitrogens is 4. The minimum atomic E-state index is -3.00. The van der Waals surface area contributed by atoms with Crippen LogP contribution in [0.5, 0.6) is 0 Å². The first-order valence-electron chi connectivity index (χ1n) is 13.6. The number of nitrogens with one attached hydrogen (secondary N) is 2. The number of ether oxygens (including phenoxy) is 1. The van der Waals surface area contributed by atoms with E-state index in [1.807, 2.05) is 43.0 Å². The highest BCUT2D eigenvalue weighted by molar-refractivity contribution is 5.89. The van der Waals surface area contributed by atoms with Crippen LogP contribution in [0.2, 0.25) is 0 Å². The molecule has 0 bridgehead atoms. The lowest BCUT2D eigenvalue weighted by Crippen LogP contribution is -2.43. The van der Waals surface area contributed by atoms with E-state index in [0.29, 0.717) is 29.8 Å². The molecule has 0 saturated carbocycles. The Hall–Kier alpha value is -3.90. The van der Waals surface area contributed by atoms with Gasteiger partial charge in [0.05, 0.1) is 35.0 Å². The number of likely N-dealkylation sites (N-methyl/N-ethyl adjacent to an activating group) is 2. The molecule has 2 N–H and O–H groups in total. The zero-order valence-electron chi connectivity index (χ0n) is 24.1. The fraction of sp³-hybridized carbons (Fsp3) is 0.448. The van der Waals surface area contributed by atoms with Crippen molar-refractivity contribution in [1.82, 2.24) is 34.9 Å². The highest BCUT2D eigenvalue weighted by atomic mass is 19.3. The van der Waals surface area contributed by atoms with Crippen LogP contribution >= 0.6 is 0 Å². The Bertz CT molecular complexity index is 1340. The van der Waals surface area contributed by atoms with E-state index < -0.39 is 24.7 Å². The first-order chi connectivity index (χ1) is 19.5. The van der Waals surface area contributed by atoms with Crippen molar-refractivity contribution >= 4 is 17.8 Å². The lowest BCUT2D eigenvalue weighted by molar-refractivity contribution is -0.151. The number of anilines is 1. The second-order valence-corrected chi connectivity index (χ2v) is 10.5. The molecule has 2 aromatic rings. The lowest BCUT2D eigenvalue weighted by atomic mass is 9.91. The third-order valence-electron chi connectivity index (χ3n) is 7.46. The summed E-state index contributed by atoms with van der Waals surface area (Å²) in [5.41, 5.74) is 4.00. The number of carbonyl (C=O) groups excluding carboxylic acids is 1. The van der Waals surface area contributed by atoms with Crippen molar-refractivity contribution in [3.63, 3.8) is 0 Å². The van der Waals surface area contributed by atoms with Crippen molar-refractivity contribution in [1.29, 1.82) is 0 Å². The van der Waals surface area contributed by atoms with Crippen LogP contribution in [-0.2, 0) is 23.0 Å². The summed E-state index contributed by atoms with van der Waals surface area (Å²) in [6, 6.07) is 1.39. The predicted molar refractivity (Wildman–Crippen MR) is 154 cm³/mol. The third-order valence-corrected chi connectivity index (χ3v) is 7.46. The van der Waals surface area contributed by atoms with E-state index in [9.17, 15) is 13.6 Å². The van der Waals surface area contributed by atoms with Gasteiger partial charge in [0, 0.05) is 45.2 Å². The summed E-state index contributed by atoms with van der Waals surface area (Å²) in [6.07, 6.45) is 11.5. The number of halogens is 2. The molecule has 41 heavy (non-hydrogen) atoms. The maximum atomic E-state index is 13.6. The molecular weight excluding hydrogens is 530 g/mol. The molecule has 0 radical (unpaired) electrons. The van der Waals surface area contributed by atoms with Crippen molar-refractivity contribution in [2.45, 2.75) is 51.0 Å². The van der Waals surface area contributed by atoms with Gasteiger partial charge in [-0.3, -0.25) is 9.48 Å². The quantitative estimate of drug-likeness (QED) is 0.377. The smallest absolute Gasteiger partial charge is 0.345 e. The van der Waals surface area contributed by atoms with Crippen LogP contribution in [0.4, 0.5) is 14.6 Å². The molecule has 3 atom stereocenters. The predicted octanol–water partition coefficient (Wildman–Crippen LogP) is 3.31. The van der Waals surface area contributed by atoms with Gasteiger partial charge in [-0.05, 0) is 57.2 Å². The van der Waals surface area contributed by atoms with Crippen molar-refractivity contribution in [2.24, 2.45) is 7.05 Å². The van der Waals surface area contributed by atoms with E-state index in [-0.39, 0.29) is 5.92 Å². The van der Waals surface area contributed by atoms with E-state index in [1.54, 1.807) is 18.2 Å². The van der Waals surface area contributed by atoms with Gasteiger partial charge in [0.2, 0.25) is 5.91 Å². The summed E-state index contributed by atoms with van der Waals surface area (Å²) in [6.45, 7) is 6.06. The monoisotopic (exact) mass is 568 g/mol. The first kappa shape index (κ1) is 30.1. The number of nitrogens with zero attached hydrogens (tertiary/aromatic N) is 6. The number of rotatable bonds is 12. The van der Waals surface area contributed by atoms with Crippen molar-refractivity contribution < 1.29 is 18.3 Å². The van der Waals surface area contributed by atoms with Gasteiger partial charge >= 0.3 is 6.61 Å². The summed E-state index contributed by atoms with van der Waals surface area (Å²) in [5.74, 6) is 0.0458. The molecule has 0 saturated heterocycles. The maximum Gasteiger partial charge on any atom is 0.345 e. The summed E-state index contributed by atoms with van der Waals surface area (Å²) in [7, 11) is 5.77. The highest BCUT2D eigenvalue weighted by Gasteiger charge is 2.31. The number of hydrogen-bond acceptors (Lipinski definition) is 8. The molecule has 0 fully saturated rings. The van der Waals surface area contributed by atoms with Crippen LogP contribution in [0.15, 0.2) is 60.9 Å². The average Bonchev–Trinajstić information content (AvgIpc) is 3.32. The fourth-order valence-corrected chi connectivity index (χ4v) is 4.79. The second kappa shape index (κ2) is 13.2. The van der Waals surface area contributed by atoms with Gasteiger partial charge in [0.25, 0.3) is 0 Å². The summed E-state index contributed by atoms with van der Waals surface area (Å²) < 4.78 is 34.0. The Kier molecular flexibility index (Phi) is 9.66. The second-order valence-electron chi connectivity index (χ2n) is 10.5. The normalized spacial score (nSPS) is 20.1. The van der Waals surface area contributed by atoms with E-state index >= 15 is 0 Å². The summed E-state index contributed by atoms with van der Waals surface area (Å²) >= 11 is 0. The van der Waals surface area contributed by atoms with Gasteiger partial charge in [-0.25, -0.2) is 9.97 Å². The van der Waals surface area contributed by atoms with Gasteiger partial charge in [-0.15, -0.1) is 0 Å². The Balaban J connectivity index is 1.58. The third kappa shape index (κ3) is 7.44. The zero-order valence-corrected chi connectivity index (χ0v) is 24.1. The Morgan fingerprint density at radius 1 is 1.27 bits per heavy atom. The van der Waals surface area contributed by atoms with Crippen LogP contribution in [0.25, 0.3) is 6.08 Å². The standard InChI is InChI=1S/C29H38F2N8O2/c1-7-28(40)36-22-13-23(26(41-29(30)31)15-25(22)38(5)11-10-37(4)18(2)3)35-27-14-21(32-17-33-27)19-8-9-24-20(12-19)16-34-39(24)6/h7-9,13-19,23,26,29H,1,10-12H2,2-6H3,(H,36,40)(H,32,33,35). The van der Waals surface area contributed by atoms with Crippen molar-refractivity contribution in [3.8, 4) is 0 Å². The van der Waals surface area contributed by atoms with E-state index in [2.05, 4.69) is 57.1 Å². The van der Waals surface area contributed by atoms with E-state index in [0.717, 1.165) is 36.0 Å². The molecule has 2 aliphatic rings. The molecule has 2 aliphatic carbocycles. The summed E-state index contributed by atoms with van der Waals surface area (Å²) in [5, 5.41) is 10.4. The largest absolute Gasteiger partial charge is 0.372 e. The first-order valence-corrected chi connectivity index (χ1v) is 13.6. The molecule has 2 aromatic heterocycles. The SMILES string of the molecule is C=CC(=O)NC1=CC(Nc2cc(C3C=Cc4c(cnn4C)C3)ncn2)C(OC(F)F)C=C1N(C)CCN(C)C(C)C. The Labute approximate surface area is 239 Å². The van der Waals surface area contributed by atoms with Crippen LogP contribution in [0.1, 0.15) is 36.7 Å². The Morgan fingerprint density at radius 2 is 2.05 bits per heavy atom. The molecule has 0 aliphatic heterocycles. The number of hydrogen-bond donors (Lipinski definition) is 2. The van der Waals surface area contributed by atoms with Crippen LogP contribution in [-0.4, -0.2) is 87.4 Å². The molecular formula is C29H38F2N8O2. The maximum absolute atomic E-state index is 13.6. The van der Waals surface area contributed by atoms with Crippen molar-refractivity contribution in [3.05, 3.63) is 77.8 Å². The molecule has 1 amide bonds. The number of alkyl halides is 2. The molecule has 12 heteroatoms. The molecule has 220 valence electrons. The molecule has 0 spiro atoms. The van der Waals surface area contributed by atoms with Gasteiger partial charge in [-0.1, -0.05) is 12.7 Å². The topological polar surface area (TPSA) is 100 Å². The van der Waals surface area contributed by atoms with Gasteiger partial charge in [-0.2, -0.15) is 13.9 Å². The van der Waals surface area contributed by atoms with Crippen LogP contribution in [0, 0.1) is 0 Å². The lowest BCUT2D eigenvalue weighted by Gasteiger charge is -2.35. The molecule has 4 rings (SSSR count). The minimum absolute atomic E-state index is 0.0109. The minimum Gasteiger partial charge on any atom is -0.372 e. The number of allylic oxidation sites excluding steroid dienone is 1. The Morgan fingerprint density at radius 3 is 2.76 bits per heavy atom. The van der Waals surface area contributed by atoms with E-state index in [4.69, 9.17) is 4.74 Å². The molecule has 0 aromatic carbocycles.